The Labute approximate surface area is 296 Å². The molecule has 4 aliphatic carbocycles. The SMILES string of the molecule is CC(C)=CCC[C@@]1(C)C[C@@H]1C#N.CC(C)=CCC[C@@]1(C)C[C@H]1C#N.CC(C)=CCC[C@]1(C)C[C@@H]1C#N.CC(C)=CCC[C@]1(C)C[C@H]1C#N. The highest BCUT2D eigenvalue weighted by atomic mass is 14.6. The number of allylic oxidation sites excluding steroid dienone is 8. The highest BCUT2D eigenvalue weighted by Crippen LogP contribution is 2.57. The summed E-state index contributed by atoms with van der Waals surface area (Å²) < 4.78 is 0. The third kappa shape index (κ3) is 15.9. The van der Waals surface area contributed by atoms with E-state index in [1.54, 1.807) is 0 Å². The smallest absolute Gasteiger partial charge is 0.0661 e. The van der Waals surface area contributed by atoms with Crippen LogP contribution in [-0.2, 0) is 0 Å². The Morgan fingerprint density at radius 3 is 0.688 bits per heavy atom. The molecule has 8 atom stereocenters. The molecule has 0 aliphatic heterocycles. The molecule has 4 heteroatoms. The second-order valence-corrected chi connectivity index (χ2v) is 17.4. The Balaban J connectivity index is 0.000000320. The van der Waals surface area contributed by atoms with E-state index >= 15 is 0 Å². The van der Waals surface area contributed by atoms with Gasteiger partial charge in [0.25, 0.3) is 0 Å². The molecular formula is C44H68N4. The van der Waals surface area contributed by atoms with Crippen LogP contribution in [-0.4, -0.2) is 0 Å². The van der Waals surface area contributed by atoms with Gasteiger partial charge in [0.2, 0.25) is 0 Å². The molecule has 4 rings (SSSR count). The van der Waals surface area contributed by atoms with Crippen LogP contribution in [0.4, 0.5) is 0 Å². The summed E-state index contributed by atoms with van der Waals surface area (Å²) >= 11 is 0. The minimum Gasteiger partial charge on any atom is -0.198 e. The molecule has 0 aromatic carbocycles. The Hall–Kier alpha value is -3.08. The summed E-state index contributed by atoms with van der Waals surface area (Å²) in [6, 6.07) is 9.39. The molecule has 4 nitrogen and oxygen atoms in total. The van der Waals surface area contributed by atoms with Crippen LogP contribution in [0.2, 0.25) is 0 Å². The zero-order valence-corrected chi connectivity index (χ0v) is 32.9. The van der Waals surface area contributed by atoms with Crippen molar-refractivity contribution in [2.45, 2.75) is 160 Å². The normalized spacial score (nSPS) is 32.3. The summed E-state index contributed by atoms with van der Waals surface area (Å²) in [6.45, 7) is 25.9. The molecule has 4 fully saturated rings. The van der Waals surface area contributed by atoms with Crippen LogP contribution in [0.5, 0.6) is 0 Å². The summed E-state index contributed by atoms with van der Waals surface area (Å²) in [6.07, 6.45) is 22.7. The summed E-state index contributed by atoms with van der Waals surface area (Å²) in [5, 5.41) is 34.7. The summed E-state index contributed by atoms with van der Waals surface area (Å²) in [5.41, 5.74) is 6.92. The molecule has 264 valence electrons. The molecule has 0 N–H and O–H groups in total. The maximum Gasteiger partial charge on any atom is 0.0661 e. The van der Waals surface area contributed by atoms with Gasteiger partial charge in [-0.15, -0.1) is 0 Å². The predicted molar refractivity (Wildman–Crippen MR) is 202 cm³/mol. The first kappa shape index (κ1) is 42.9. The molecule has 4 saturated carbocycles. The first-order chi connectivity index (χ1) is 22.3. The molecule has 0 saturated heterocycles. The van der Waals surface area contributed by atoms with E-state index in [-0.39, 0.29) is 0 Å². The molecule has 0 bridgehead atoms. The van der Waals surface area contributed by atoms with Crippen molar-refractivity contribution in [2.24, 2.45) is 45.3 Å². The van der Waals surface area contributed by atoms with Crippen molar-refractivity contribution >= 4 is 0 Å². The van der Waals surface area contributed by atoms with Gasteiger partial charge in [0, 0.05) is 0 Å². The average molecular weight is 653 g/mol. The lowest BCUT2D eigenvalue weighted by Gasteiger charge is -2.05. The molecule has 0 aromatic heterocycles. The van der Waals surface area contributed by atoms with E-state index in [1.807, 2.05) is 0 Å². The zero-order chi connectivity index (χ0) is 36.8. The fourth-order valence-electron chi connectivity index (χ4n) is 6.30. The average Bonchev–Trinajstić information content (AvgIpc) is 3.93. The monoisotopic (exact) mass is 653 g/mol. The predicted octanol–water partition coefficient (Wildman–Crippen LogP) is 13.1. The Morgan fingerprint density at radius 2 is 0.583 bits per heavy atom. The first-order valence-electron chi connectivity index (χ1n) is 18.5. The molecule has 0 radical (unpaired) electrons. The Kier molecular flexibility index (Phi) is 17.2. The third-order valence-electron chi connectivity index (χ3n) is 11.1. The van der Waals surface area contributed by atoms with Gasteiger partial charge in [-0.05, 0) is 154 Å². The summed E-state index contributed by atoms with van der Waals surface area (Å²) in [4.78, 5) is 0. The fourth-order valence-corrected chi connectivity index (χ4v) is 6.30. The van der Waals surface area contributed by atoms with Crippen molar-refractivity contribution in [1.82, 2.24) is 0 Å². The van der Waals surface area contributed by atoms with Gasteiger partial charge < -0.3 is 0 Å². The lowest BCUT2D eigenvalue weighted by atomic mass is 9.99. The van der Waals surface area contributed by atoms with Gasteiger partial charge in [-0.3, -0.25) is 0 Å². The molecule has 48 heavy (non-hydrogen) atoms. The van der Waals surface area contributed by atoms with Crippen molar-refractivity contribution in [3.8, 4) is 24.3 Å². The van der Waals surface area contributed by atoms with Crippen molar-refractivity contribution in [2.75, 3.05) is 0 Å². The van der Waals surface area contributed by atoms with Gasteiger partial charge in [0.1, 0.15) is 0 Å². The Morgan fingerprint density at radius 1 is 0.417 bits per heavy atom. The minimum absolute atomic E-state index is 0.336. The van der Waals surface area contributed by atoms with E-state index in [2.05, 4.69) is 132 Å². The van der Waals surface area contributed by atoms with Crippen LogP contribution in [0, 0.1) is 90.7 Å². The van der Waals surface area contributed by atoms with Gasteiger partial charge in [0.05, 0.1) is 47.9 Å². The van der Waals surface area contributed by atoms with E-state index in [4.69, 9.17) is 21.0 Å². The minimum atomic E-state index is 0.336. The molecule has 0 unspecified atom stereocenters. The first-order valence-corrected chi connectivity index (χ1v) is 18.5. The van der Waals surface area contributed by atoms with Gasteiger partial charge >= 0.3 is 0 Å². The van der Waals surface area contributed by atoms with E-state index in [1.165, 1.54) is 48.0 Å². The van der Waals surface area contributed by atoms with Crippen LogP contribution >= 0.6 is 0 Å². The van der Waals surface area contributed by atoms with E-state index in [9.17, 15) is 0 Å². The zero-order valence-electron chi connectivity index (χ0n) is 32.9. The quantitative estimate of drug-likeness (QED) is 0.196. The van der Waals surface area contributed by atoms with Crippen LogP contribution < -0.4 is 0 Å². The van der Waals surface area contributed by atoms with Crippen molar-refractivity contribution in [3.63, 3.8) is 0 Å². The number of nitrogens with zero attached hydrogens (tertiary/aromatic N) is 4. The topological polar surface area (TPSA) is 95.2 Å². The second-order valence-electron chi connectivity index (χ2n) is 17.4. The standard InChI is InChI=1S/4C11H17N/c4*1-9(2)5-4-6-11(3)7-10(11)8-12/h4*5,10H,4,6-7H2,1-3H3/t2*10-,11+;2*10-,11-/m1010/s1. The number of hydrogen-bond acceptors (Lipinski definition) is 4. The molecule has 4 aliphatic rings. The van der Waals surface area contributed by atoms with Crippen LogP contribution in [0.25, 0.3) is 0 Å². The van der Waals surface area contributed by atoms with Gasteiger partial charge in [-0.1, -0.05) is 74.3 Å². The van der Waals surface area contributed by atoms with Crippen molar-refractivity contribution in [3.05, 3.63) is 46.6 Å². The maximum atomic E-state index is 8.68. The van der Waals surface area contributed by atoms with Gasteiger partial charge in [0.15, 0.2) is 0 Å². The van der Waals surface area contributed by atoms with E-state index < -0.39 is 0 Å². The van der Waals surface area contributed by atoms with Crippen LogP contribution in [0.3, 0.4) is 0 Å². The third-order valence-corrected chi connectivity index (χ3v) is 11.1. The number of rotatable bonds is 12. The molecule has 0 heterocycles. The molecule has 0 aromatic rings. The highest BCUT2D eigenvalue weighted by molar-refractivity contribution is 5.13. The highest BCUT2D eigenvalue weighted by Gasteiger charge is 2.51. The van der Waals surface area contributed by atoms with Gasteiger partial charge in [-0.25, -0.2) is 0 Å². The van der Waals surface area contributed by atoms with Crippen LogP contribution in [0.1, 0.15) is 160 Å². The van der Waals surface area contributed by atoms with Crippen molar-refractivity contribution < 1.29 is 0 Å². The number of hydrogen-bond donors (Lipinski definition) is 0. The largest absolute Gasteiger partial charge is 0.198 e. The maximum absolute atomic E-state index is 8.68. The second kappa shape index (κ2) is 19.2. The number of nitriles is 4. The molecule has 0 amide bonds. The van der Waals surface area contributed by atoms with Crippen molar-refractivity contribution in [1.29, 1.82) is 21.0 Å². The van der Waals surface area contributed by atoms with Gasteiger partial charge in [-0.2, -0.15) is 21.0 Å². The summed E-state index contributed by atoms with van der Waals surface area (Å²) in [7, 11) is 0. The van der Waals surface area contributed by atoms with E-state index in [0.717, 1.165) is 51.4 Å². The lowest BCUT2D eigenvalue weighted by molar-refractivity contribution is 0.497. The molecule has 0 spiro atoms. The lowest BCUT2D eigenvalue weighted by Crippen LogP contribution is -1.95. The molecular weight excluding hydrogens is 585 g/mol. The van der Waals surface area contributed by atoms with E-state index in [0.29, 0.717) is 45.3 Å². The fraction of sp³-hybridized carbons (Fsp3) is 0.727. The summed E-state index contributed by atoms with van der Waals surface area (Å²) in [5.74, 6) is 1.34. The Bertz CT molecular complexity index is 1130. The van der Waals surface area contributed by atoms with Crippen LogP contribution in [0.15, 0.2) is 46.6 Å².